The Balaban J connectivity index is 2.81. The Morgan fingerprint density at radius 3 is 1.67 bits per heavy atom. The maximum atomic E-state index is 5.30. The highest BCUT2D eigenvalue weighted by atomic mass is 79.9. The topological polar surface area (TPSA) is 36.9 Å². The molecule has 15 heavy (non-hydrogen) atoms. The van der Waals surface area contributed by atoms with E-state index < -0.39 is 0 Å². The number of hydrogen-bond acceptors (Lipinski definition) is 4. The lowest BCUT2D eigenvalue weighted by Crippen LogP contribution is -2.11. The average molecular weight is 285 g/mol. The first-order valence-corrected chi connectivity index (χ1v) is 6.32. The monoisotopic (exact) mass is 284 g/mol. The van der Waals surface area contributed by atoms with Gasteiger partial charge in [-0.2, -0.15) is 0 Å². The van der Waals surface area contributed by atoms with Crippen molar-refractivity contribution in [3.63, 3.8) is 0 Å². The van der Waals surface area contributed by atoms with Crippen LogP contribution in [0.15, 0.2) is 0 Å². The summed E-state index contributed by atoms with van der Waals surface area (Å²) in [4.78, 5) is 0. The highest BCUT2D eigenvalue weighted by molar-refractivity contribution is 9.09. The van der Waals surface area contributed by atoms with Crippen molar-refractivity contribution in [3.05, 3.63) is 0 Å². The quantitative estimate of drug-likeness (QED) is 0.402. The van der Waals surface area contributed by atoms with Crippen molar-refractivity contribution in [2.24, 2.45) is 0 Å². The third kappa shape index (κ3) is 14.3. The first-order valence-electron chi connectivity index (χ1n) is 5.20. The van der Waals surface area contributed by atoms with Gasteiger partial charge in [-0.15, -0.1) is 0 Å². The molecule has 0 N–H and O–H groups in total. The van der Waals surface area contributed by atoms with Crippen LogP contribution in [0.3, 0.4) is 0 Å². The molecule has 0 saturated carbocycles. The Morgan fingerprint density at radius 2 is 1.20 bits per heavy atom. The summed E-state index contributed by atoms with van der Waals surface area (Å²) in [6, 6.07) is 0. The minimum Gasteiger partial charge on any atom is -0.382 e. The van der Waals surface area contributed by atoms with E-state index in [-0.39, 0.29) is 0 Å². The molecular formula is C10H21BrO4. The van der Waals surface area contributed by atoms with E-state index in [1.54, 1.807) is 7.11 Å². The smallest absolute Gasteiger partial charge is 0.0701 e. The molecule has 0 amide bonds. The standard InChI is InChI=1S/C10H21BrO4/c1-12-5-6-14-9-10-15-8-7-13-4-2-3-11/h2-10H2,1H3. The first kappa shape index (κ1) is 15.3. The number of methoxy groups -OCH3 is 1. The van der Waals surface area contributed by atoms with Crippen LogP contribution in [0.4, 0.5) is 0 Å². The van der Waals surface area contributed by atoms with Crippen molar-refractivity contribution in [2.45, 2.75) is 6.42 Å². The summed E-state index contributed by atoms with van der Waals surface area (Å²) in [6.45, 7) is 4.58. The Kier molecular flexibility index (Phi) is 14.6. The van der Waals surface area contributed by atoms with Crippen LogP contribution in [0, 0.1) is 0 Å². The predicted octanol–water partition coefficient (Wildman–Crippen LogP) is 1.47. The minimum atomic E-state index is 0.616. The number of halogens is 1. The summed E-state index contributed by atoms with van der Waals surface area (Å²) in [6.07, 6.45) is 1.04. The molecule has 0 unspecified atom stereocenters. The van der Waals surface area contributed by atoms with Crippen LogP contribution in [0.2, 0.25) is 0 Å². The molecule has 0 radical (unpaired) electrons. The molecule has 0 rings (SSSR count). The van der Waals surface area contributed by atoms with Gasteiger partial charge in [0.05, 0.1) is 39.6 Å². The highest BCUT2D eigenvalue weighted by Gasteiger charge is 1.91. The van der Waals surface area contributed by atoms with Gasteiger partial charge in [-0.05, 0) is 6.42 Å². The van der Waals surface area contributed by atoms with Gasteiger partial charge >= 0.3 is 0 Å². The molecule has 0 aromatic carbocycles. The zero-order valence-corrected chi connectivity index (χ0v) is 11.0. The van der Waals surface area contributed by atoms with E-state index in [9.17, 15) is 0 Å². The number of hydrogen-bond donors (Lipinski definition) is 0. The second-order valence-corrected chi connectivity index (χ2v) is 3.67. The Labute approximate surface area is 100 Å². The van der Waals surface area contributed by atoms with Crippen LogP contribution >= 0.6 is 15.9 Å². The van der Waals surface area contributed by atoms with Crippen LogP contribution in [0.25, 0.3) is 0 Å². The molecule has 0 aliphatic rings. The lowest BCUT2D eigenvalue weighted by molar-refractivity contribution is 0.00388. The molecule has 0 aromatic heterocycles. The van der Waals surface area contributed by atoms with Crippen molar-refractivity contribution < 1.29 is 18.9 Å². The van der Waals surface area contributed by atoms with Crippen LogP contribution in [0.5, 0.6) is 0 Å². The molecular weight excluding hydrogens is 264 g/mol. The summed E-state index contributed by atoms with van der Waals surface area (Å²) in [5.74, 6) is 0. The summed E-state index contributed by atoms with van der Waals surface area (Å²) >= 11 is 3.34. The van der Waals surface area contributed by atoms with Gasteiger partial charge in [0.1, 0.15) is 0 Å². The van der Waals surface area contributed by atoms with Gasteiger partial charge < -0.3 is 18.9 Å². The number of ether oxygens (including phenoxy) is 4. The van der Waals surface area contributed by atoms with Gasteiger partial charge in [-0.1, -0.05) is 15.9 Å². The molecule has 0 spiro atoms. The molecule has 0 aliphatic heterocycles. The second-order valence-electron chi connectivity index (χ2n) is 2.87. The molecule has 0 aliphatic carbocycles. The molecule has 0 bridgehead atoms. The van der Waals surface area contributed by atoms with Crippen LogP contribution in [0.1, 0.15) is 6.42 Å². The summed E-state index contributed by atoms with van der Waals surface area (Å²) in [7, 11) is 1.66. The SMILES string of the molecule is COCCOCCOCCOCCCBr. The van der Waals surface area contributed by atoms with Crippen molar-refractivity contribution in [2.75, 3.05) is 58.7 Å². The number of alkyl halides is 1. The average Bonchev–Trinajstić information content (AvgIpc) is 2.26. The van der Waals surface area contributed by atoms with Gasteiger partial charge in [0.2, 0.25) is 0 Å². The lowest BCUT2D eigenvalue weighted by atomic mass is 10.5. The third-order valence-electron chi connectivity index (χ3n) is 1.60. The zero-order valence-electron chi connectivity index (χ0n) is 9.37. The van der Waals surface area contributed by atoms with E-state index >= 15 is 0 Å². The fourth-order valence-corrected chi connectivity index (χ4v) is 1.07. The van der Waals surface area contributed by atoms with Gasteiger partial charge in [-0.25, -0.2) is 0 Å². The molecule has 0 atom stereocenters. The van der Waals surface area contributed by atoms with Crippen molar-refractivity contribution in [3.8, 4) is 0 Å². The van der Waals surface area contributed by atoms with Crippen molar-refractivity contribution in [1.82, 2.24) is 0 Å². The van der Waals surface area contributed by atoms with E-state index in [4.69, 9.17) is 18.9 Å². The fraction of sp³-hybridized carbons (Fsp3) is 1.00. The van der Waals surface area contributed by atoms with Crippen molar-refractivity contribution >= 4 is 15.9 Å². The molecule has 0 fully saturated rings. The molecule has 5 heteroatoms. The van der Waals surface area contributed by atoms with Crippen LogP contribution < -0.4 is 0 Å². The number of rotatable bonds is 12. The zero-order chi connectivity index (χ0) is 11.2. The van der Waals surface area contributed by atoms with Gasteiger partial charge in [-0.3, -0.25) is 0 Å². The van der Waals surface area contributed by atoms with Crippen LogP contribution in [-0.2, 0) is 18.9 Å². The third-order valence-corrected chi connectivity index (χ3v) is 2.16. The largest absolute Gasteiger partial charge is 0.382 e. The molecule has 0 saturated heterocycles. The van der Waals surface area contributed by atoms with Gasteiger partial charge in [0.25, 0.3) is 0 Å². The highest BCUT2D eigenvalue weighted by Crippen LogP contribution is 1.88. The molecule has 0 aromatic rings. The molecule has 4 nitrogen and oxygen atoms in total. The molecule has 92 valence electrons. The normalized spacial score (nSPS) is 10.8. The fourth-order valence-electron chi connectivity index (χ4n) is 0.841. The van der Waals surface area contributed by atoms with Gasteiger partial charge in [0, 0.05) is 19.0 Å². The van der Waals surface area contributed by atoms with Crippen LogP contribution in [-0.4, -0.2) is 58.7 Å². The Bertz CT molecular complexity index is 102. The maximum Gasteiger partial charge on any atom is 0.0701 e. The van der Waals surface area contributed by atoms with E-state index in [0.717, 1.165) is 18.4 Å². The predicted molar refractivity (Wildman–Crippen MR) is 62.7 cm³/mol. The summed E-state index contributed by atoms with van der Waals surface area (Å²) < 4.78 is 20.7. The van der Waals surface area contributed by atoms with Gasteiger partial charge in [0.15, 0.2) is 0 Å². The maximum absolute atomic E-state index is 5.30. The second kappa shape index (κ2) is 14.3. The Hall–Kier alpha value is 0.320. The summed E-state index contributed by atoms with van der Waals surface area (Å²) in [5.41, 5.74) is 0. The summed E-state index contributed by atoms with van der Waals surface area (Å²) in [5, 5.41) is 0.987. The van der Waals surface area contributed by atoms with E-state index in [0.29, 0.717) is 39.6 Å². The van der Waals surface area contributed by atoms with Crippen molar-refractivity contribution in [1.29, 1.82) is 0 Å². The van der Waals surface area contributed by atoms with E-state index in [1.165, 1.54) is 0 Å². The van der Waals surface area contributed by atoms with E-state index in [2.05, 4.69) is 15.9 Å². The molecule has 0 heterocycles. The Morgan fingerprint density at radius 1 is 0.733 bits per heavy atom. The first-order chi connectivity index (χ1) is 7.41. The minimum absolute atomic E-state index is 0.616. The lowest BCUT2D eigenvalue weighted by Gasteiger charge is -2.05. The van der Waals surface area contributed by atoms with E-state index in [1.807, 2.05) is 0 Å².